The molecule has 0 saturated heterocycles. The Bertz CT molecular complexity index is 879. The van der Waals surface area contributed by atoms with Gasteiger partial charge in [-0.15, -0.1) is 0 Å². The minimum Gasteiger partial charge on any atom is -0.496 e. The fourth-order valence-electron chi connectivity index (χ4n) is 2.43. The summed E-state index contributed by atoms with van der Waals surface area (Å²) in [5.41, 5.74) is 2.91. The summed E-state index contributed by atoms with van der Waals surface area (Å²) < 4.78 is 15.7. The minimum atomic E-state index is -0.647. The van der Waals surface area contributed by atoms with Gasteiger partial charge in [0, 0.05) is 0 Å². The van der Waals surface area contributed by atoms with Crippen molar-refractivity contribution in [3.63, 3.8) is 0 Å². The number of hydrogen-bond donors (Lipinski definition) is 3. The van der Waals surface area contributed by atoms with E-state index in [2.05, 4.69) is 5.32 Å². The van der Waals surface area contributed by atoms with Crippen molar-refractivity contribution in [3.8, 4) is 17.2 Å². The van der Waals surface area contributed by atoms with Gasteiger partial charge in [-0.1, -0.05) is 18.2 Å². The van der Waals surface area contributed by atoms with Crippen LogP contribution in [0.2, 0.25) is 0 Å². The fourth-order valence-corrected chi connectivity index (χ4v) is 2.43. The van der Waals surface area contributed by atoms with Gasteiger partial charge in [-0.2, -0.15) is 0 Å². The Hall–Kier alpha value is -3.52. The lowest BCUT2D eigenvalue weighted by molar-refractivity contribution is -0.117. The molecule has 0 aliphatic carbocycles. The monoisotopic (exact) mass is 355 g/mol. The Morgan fingerprint density at radius 1 is 1.15 bits per heavy atom. The van der Waals surface area contributed by atoms with Gasteiger partial charge in [-0.3, -0.25) is 15.0 Å². The summed E-state index contributed by atoms with van der Waals surface area (Å²) in [7, 11) is 1.46. The second kappa shape index (κ2) is 7.58. The van der Waals surface area contributed by atoms with E-state index in [0.717, 1.165) is 0 Å². The largest absolute Gasteiger partial charge is 0.496 e. The summed E-state index contributed by atoms with van der Waals surface area (Å²) in [5, 5.41) is 2.55. The average Bonchev–Trinajstić information content (AvgIpc) is 3.14. The highest BCUT2D eigenvalue weighted by Crippen LogP contribution is 2.33. The predicted molar refractivity (Wildman–Crippen MR) is 93.3 cm³/mol. The molecular weight excluding hydrogens is 338 g/mol. The molecule has 0 spiro atoms. The van der Waals surface area contributed by atoms with Gasteiger partial charge in [0.15, 0.2) is 11.5 Å². The van der Waals surface area contributed by atoms with Gasteiger partial charge < -0.3 is 19.5 Å². The molecule has 2 amide bonds. The van der Waals surface area contributed by atoms with E-state index in [4.69, 9.17) is 20.1 Å². The van der Waals surface area contributed by atoms with Crippen molar-refractivity contribution in [2.24, 2.45) is 5.84 Å². The van der Waals surface area contributed by atoms with E-state index in [1.54, 1.807) is 42.5 Å². The van der Waals surface area contributed by atoms with Gasteiger partial charge in [-0.25, -0.2) is 5.84 Å². The summed E-state index contributed by atoms with van der Waals surface area (Å²) in [6.45, 7) is 0.142. The summed E-state index contributed by atoms with van der Waals surface area (Å²) in [6, 6.07) is 11.8. The molecule has 2 aromatic rings. The zero-order valence-electron chi connectivity index (χ0n) is 13.9. The van der Waals surface area contributed by atoms with E-state index in [9.17, 15) is 9.59 Å². The zero-order valence-corrected chi connectivity index (χ0v) is 13.9. The van der Waals surface area contributed by atoms with Gasteiger partial charge >= 0.3 is 0 Å². The highest BCUT2D eigenvalue weighted by molar-refractivity contribution is 6.06. The van der Waals surface area contributed by atoms with Crippen molar-refractivity contribution < 1.29 is 23.8 Å². The molecule has 8 nitrogen and oxygen atoms in total. The number of rotatable bonds is 5. The number of ether oxygens (including phenoxy) is 3. The highest BCUT2D eigenvalue weighted by atomic mass is 16.7. The number of benzene rings is 2. The predicted octanol–water partition coefficient (Wildman–Crippen LogP) is 1.18. The second-order valence-electron chi connectivity index (χ2n) is 5.30. The number of carbonyl (C=O) groups excluding carboxylic acids is 2. The van der Waals surface area contributed by atoms with Crippen LogP contribution < -0.4 is 30.8 Å². The fraction of sp³-hybridized carbons (Fsp3) is 0.111. The first-order chi connectivity index (χ1) is 12.6. The maximum atomic E-state index is 12.5. The van der Waals surface area contributed by atoms with E-state index in [0.29, 0.717) is 22.8 Å². The van der Waals surface area contributed by atoms with E-state index >= 15 is 0 Å². The van der Waals surface area contributed by atoms with Gasteiger partial charge in [0.25, 0.3) is 11.8 Å². The molecule has 1 heterocycles. The van der Waals surface area contributed by atoms with Crippen LogP contribution in [-0.2, 0) is 4.79 Å². The van der Waals surface area contributed by atoms with Crippen LogP contribution in [-0.4, -0.2) is 25.7 Å². The van der Waals surface area contributed by atoms with E-state index < -0.39 is 11.8 Å². The Kier molecular flexibility index (Phi) is 5.04. The van der Waals surface area contributed by atoms with E-state index in [-0.39, 0.29) is 18.1 Å². The van der Waals surface area contributed by atoms with Crippen LogP contribution in [0.5, 0.6) is 17.2 Å². The van der Waals surface area contributed by atoms with Crippen LogP contribution >= 0.6 is 0 Å². The maximum Gasteiger partial charge on any atom is 0.281 e. The molecule has 0 aromatic heterocycles. The molecule has 8 heteroatoms. The first-order valence-electron chi connectivity index (χ1n) is 7.69. The standard InChI is InChI=1S/C18H17N3O5/c1-24-14-5-3-2-4-12(14)17(22)20-13(18(23)21-19)8-11-6-7-15-16(9-11)26-10-25-15/h2-9H,10,19H2,1H3,(H,20,22)(H,21,23). The normalized spacial score (nSPS) is 12.5. The molecular formula is C18H17N3O5. The van der Waals surface area contributed by atoms with Crippen LogP contribution in [0, 0.1) is 0 Å². The molecule has 4 N–H and O–H groups in total. The minimum absolute atomic E-state index is 0.0257. The average molecular weight is 355 g/mol. The van der Waals surface area contributed by atoms with Crippen LogP contribution in [0.3, 0.4) is 0 Å². The Balaban J connectivity index is 1.89. The summed E-state index contributed by atoms with van der Waals surface area (Å²) in [6.07, 6.45) is 1.48. The lowest BCUT2D eigenvalue weighted by atomic mass is 10.1. The third kappa shape index (κ3) is 3.60. The number of carbonyl (C=O) groups is 2. The first-order valence-corrected chi connectivity index (χ1v) is 7.69. The molecule has 1 aliphatic heterocycles. The van der Waals surface area contributed by atoms with Crippen molar-refractivity contribution in [2.45, 2.75) is 0 Å². The molecule has 2 aromatic carbocycles. The van der Waals surface area contributed by atoms with Crippen molar-refractivity contribution >= 4 is 17.9 Å². The quantitative estimate of drug-likeness (QED) is 0.321. The van der Waals surface area contributed by atoms with Gasteiger partial charge in [-0.05, 0) is 35.9 Å². The molecule has 0 radical (unpaired) electrons. The number of nitrogens with one attached hydrogen (secondary N) is 2. The summed E-state index contributed by atoms with van der Waals surface area (Å²) >= 11 is 0. The molecule has 0 fully saturated rings. The molecule has 0 atom stereocenters. The smallest absolute Gasteiger partial charge is 0.281 e. The van der Waals surface area contributed by atoms with Crippen molar-refractivity contribution in [3.05, 3.63) is 59.3 Å². The maximum absolute atomic E-state index is 12.5. The molecule has 134 valence electrons. The van der Waals surface area contributed by atoms with Crippen LogP contribution in [0.1, 0.15) is 15.9 Å². The first kappa shape index (κ1) is 17.3. The highest BCUT2D eigenvalue weighted by Gasteiger charge is 2.18. The van der Waals surface area contributed by atoms with Crippen molar-refractivity contribution in [1.29, 1.82) is 0 Å². The number of hydrogen-bond acceptors (Lipinski definition) is 6. The Morgan fingerprint density at radius 3 is 2.69 bits per heavy atom. The number of amides is 2. The lowest BCUT2D eigenvalue weighted by Crippen LogP contribution is -2.38. The number of para-hydroxylation sites is 1. The van der Waals surface area contributed by atoms with Gasteiger partial charge in [0.05, 0.1) is 12.7 Å². The van der Waals surface area contributed by atoms with Crippen LogP contribution in [0.15, 0.2) is 48.2 Å². The number of hydrazine groups is 1. The topological polar surface area (TPSA) is 112 Å². The van der Waals surface area contributed by atoms with Gasteiger partial charge in [0.2, 0.25) is 6.79 Å². The molecule has 0 saturated carbocycles. The van der Waals surface area contributed by atoms with Crippen molar-refractivity contribution in [2.75, 3.05) is 13.9 Å². The van der Waals surface area contributed by atoms with E-state index in [1.807, 2.05) is 5.43 Å². The van der Waals surface area contributed by atoms with Crippen LogP contribution in [0.4, 0.5) is 0 Å². The molecule has 26 heavy (non-hydrogen) atoms. The summed E-state index contributed by atoms with van der Waals surface area (Å²) in [4.78, 5) is 24.6. The second-order valence-corrected chi connectivity index (χ2v) is 5.30. The molecule has 0 bridgehead atoms. The molecule has 1 aliphatic rings. The number of methoxy groups -OCH3 is 1. The zero-order chi connectivity index (χ0) is 18.5. The third-order valence-electron chi connectivity index (χ3n) is 3.68. The Morgan fingerprint density at radius 2 is 1.92 bits per heavy atom. The number of fused-ring (bicyclic) bond motifs is 1. The van der Waals surface area contributed by atoms with E-state index in [1.165, 1.54) is 13.2 Å². The Labute approximate surface area is 149 Å². The molecule has 0 unspecified atom stereocenters. The third-order valence-corrected chi connectivity index (χ3v) is 3.68. The number of nitrogens with two attached hydrogens (primary N) is 1. The summed E-state index contributed by atoms with van der Waals surface area (Å²) in [5.74, 6) is 5.64. The lowest BCUT2D eigenvalue weighted by Gasteiger charge is -2.11. The van der Waals surface area contributed by atoms with Gasteiger partial charge in [0.1, 0.15) is 11.4 Å². The SMILES string of the molecule is COc1ccccc1C(=O)NC(=Cc1ccc2c(c1)OCO2)C(=O)NN. The molecule has 3 rings (SSSR count). The van der Waals surface area contributed by atoms with Crippen LogP contribution in [0.25, 0.3) is 6.08 Å². The van der Waals surface area contributed by atoms with Crippen molar-refractivity contribution in [1.82, 2.24) is 10.7 Å².